The van der Waals surface area contributed by atoms with Crippen LogP contribution in [0.15, 0.2) is 53.4 Å². The Bertz CT molecular complexity index is 947. The van der Waals surface area contributed by atoms with Gasteiger partial charge in [-0.1, -0.05) is 53.5 Å². The van der Waals surface area contributed by atoms with E-state index >= 15 is 0 Å². The summed E-state index contributed by atoms with van der Waals surface area (Å²) in [6, 6.07) is 14.2. The van der Waals surface area contributed by atoms with Crippen LogP contribution in [0.1, 0.15) is 12.0 Å². The van der Waals surface area contributed by atoms with Gasteiger partial charge in [-0.2, -0.15) is 4.31 Å². The minimum Gasteiger partial charge on any atom is -0.338 e. The molecule has 6 nitrogen and oxygen atoms in total. The van der Waals surface area contributed by atoms with Gasteiger partial charge in [0, 0.05) is 32.7 Å². The molecule has 29 heavy (non-hydrogen) atoms. The van der Waals surface area contributed by atoms with Gasteiger partial charge in [0.2, 0.25) is 10.0 Å². The first-order valence-electron chi connectivity index (χ1n) is 9.40. The Balaban J connectivity index is 1.46. The molecular weight excluding hydrogens is 433 g/mol. The van der Waals surface area contributed by atoms with E-state index in [4.69, 9.17) is 23.2 Å². The van der Waals surface area contributed by atoms with Crippen molar-refractivity contribution >= 4 is 39.3 Å². The summed E-state index contributed by atoms with van der Waals surface area (Å²) in [7, 11) is -3.67. The van der Waals surface area contributed by atoms with Crippen LogP contribution in [0.5, 0.6) is 0 Å². The second-order valence-electron chi connectivity index (χ2n) is 6.79. The highest BCUT2D eigenvalue weighted by Crippen LogP contribution is 2.27. The SMILES string of the molecule is O=C(NCCCc1ccccc1)N1CCN(S(=O)(=O)c2ccc(Cl)c(Cl)c2)CC1. The first-order chi connectivity index (χ1) is 13.9. The van der Waals surface area contributed by atoms with Crippen molar-refractivity contribution in [3.63, 3.8) is 0 Å². The average Bonchev–Trinajstić information content (AvgIpc) is 2.74. The molecule has 0 aliphatic carbocycles. The maximum Gasteiger partial charge on any atom is 0.317 e. The fourth-order valence-corrected chi connectivity index (χ4v) is 4.97. The molecule has 0 saturated carbocycles. The Labute approximate surface area is 181 Å². The summed E-state index contributed by atoms with van der Waals surface area (Å²) in [5, 5.41) is 3.41. The Morgan fingerprint density at radius 3 is 2.31 bits per heavy atom. The molecule has 9 heteroatoms. The second kappa shape index (κ2) is 9.80. The number of halogens is 2. The summed E-state index contributed by atoms with van der Waals surface area (Å²) in [6.07, 6.45) is 1.75. The Kier molecular flexibility index (Phi) is 7.40. The zero-order valence-electron chi connectivity index (χ0n) is 15.9. The van der Waals surface area contributed by atoms with E-state index in [1.165, 1.54) is 28.1 Å². The van der Waals surface area contributed by atoms with Crippen LogP contribution in [0.4, 0.5) is 4.79 Å². The normalized spacial score (nSPS) is 15.3. The third kappa shape index (κ3) is 5.63. The number of benzene rings is 2. The van der Waals surface area contributed by atoms with Gasteiger partial charge in [-0.05, 0) is 36.6 Å². The Morgan fingerprint density at radius 2 is 1.66 bits per heavy atom. The number of hydrogen-bond acceptors (Lipinski definition) is 3. The Hall–Kier alpha value is -1.80. The van der Waals surface area contributed by atoms with Gasteiger partial charge in [0.05, 0.1) is 14.9 Å². The van der Waals surface area contributed by atoms with Crippen molar-refractivity contribution in [3.05, 3.63) is 64.1 Å². The summed E-state index contributed by atoms with van der Waals surface area (Å²) in [5.74, 6) is 0. The topological polar surface area (TPSA) is 69.7 Å². The van der Waals surface area contributed by atoms with Gasteiger partial charge in [-0.25, -0.2) is 13.2 Å². The number of aryl methyl sites for hydroxylation is 1. The van der Waals surface area contributed by atoms with Gasteiger partial charge in [0.25, 0.3) is 0 Å². The number of hydrogen-bond donors (Lipinski definition) is 1. The molecule has 0 aromatic heterocycles. The molecule has 1 heterocycles. The van der Waals surface area contributed by atoms with Gasteiger partial charge < -0.3 is 10.2 Å². The van der Waals surface area contributed by atoms with Gasteiger partial charge in [0.1, 0.15) is 0 Å². The molecule has 156 valence electrons. The second-order valence-corrected chi connectivity index (χ2v) is 9.54. The van der Waals surface area contributed by atoms with Crippen molar-refractivity contribution in [2.24, 2.45) is 0 Å². The molecule has 0 radical (unpaired) electrons. The van der Waals surface area contributed by atoms with E-state index in [1.54, 1.807) is 4.90 Å². The van der Waals surface area contributed by atoms with Gasteiger partial charge in [-0.15, -0.1) is 0 Å². The van der Waals surface area contributed by atoms with Crippen molar-refractivity contribution < 1.29 is 13.2 Å². The van der Waals surface area contributed by atoms with Crippen LogP contribution in [0.25, 0.3) is 0 Å². The zero-order valence-corrected chi connectivity index (χ0v) is 18.2. The molecule has 1 fully saturated rings. The number of amides is 2. The molecule has 1 N–H and O–H groups in total. The minimum atomic E-state index is -3.67. The molecule has 3 rings (SSSR count). The molecule has 0 spiro atoms. The van der Waals surface area contributed by atoms with E-state index in [0.717, 1.165) is 12.8 Å². The smallest absolute Gasteiger partial charge is 0.317 e. The highest BCUT2D eigenvalue weighted by Gasteiger charge is 2.30. The van der Waals surface area contributed by atoms with Gasteiger partial charge in [-0.3, -0.25) is 0 Å². The summed E-state index contributed by atoms with van der Waals surface area (Å²) < 4.78 is 26.9. The molecular formula is C20H23Cl2N3O3S. The van der Waals surface area contributed by atoms with Crippen LogP contribution in [0.3, 0.4) is 0 Å². The first kappa shape index (κ1) is 21.9. The zero-order chi connectivity index (χ0) is 20.9. The maximum absolute atomic E-state index is 12.8. The van der Waals surface area contributed by atoms with Crippen molar-refractivity contribution in [3.8, 4) is 0 Å². The predicted molar refractivity (Wildman–Crippen MR) is 115 cm³/mol. The van der Waals surface area contributed by atoms with E-state index in [-0.39, 0.29) is 29.0 Å². The van der Waals surface area contributed by atoms with E-state index in [1.807, 2.05) is 18.2 Å². The lowest BCUT2D eigenvalue weighted by molar-refractivity contribution is 0.172. The fraction of sp³-hybridized carbons (Fsp3) is 0.350. The standard InChI is InChI=1S/C20H23Cl2N3O3S/c21-18-9-8-17(15-19(18)22)29(27,28)25-13-11-24(12-14-25)20(26)23-10-4-7-16-5-2-1-3-6-16/h1-3,5-6,8-9,15H,4,7,10-14H2,(H,23,26). The lowest BCUT2D eigenvalue weighted by Crippen LogP contribution is -2.53. The van der Waals surface area contributed by atoms with E-state index in [2.05, 4.69) is 17.4 Å². The van der Waals surface area contributed by atoms with E-state index < -0.39 is 10.0 Å². The van der Waals surface area contributed by atoms with Crippen LogP contribution in [-0.4, -0.2) is 56.4 Å². The molecule has 0 atom stereocenters. The van der Waals surface area contributed by atoms with Crippen LogP contribution < -0.4 is 5.32 Å². The summed E-state index contributed by atoms with van der Waals surface area (Å²) in [6.45, 7) is 1.73. The number of nitrogens with one attached hydrogen (secondary N) is 1. The van der Waals surface area contributed by atoms with Gasteiger partial charge in [0.15, 0.2) is 0 Å². The minimum absolute atomic E-state index is 0.103. The monoisotopic (exact) mass is 455 g/mol. The highest BCUT2D eigenvalue weighted by atomic mass is 35.5. The predicted octanol–water partition coefficient (Wildman–Crippen LogP) is 3.64. The maximum atomic E-state index is 12.8. The number of nitrogens with zero attached hydrogens (tertiary/aromatic N) is 2. The number of piperazine rings is 1. The molecule has 1 aliphatic heterocycles. The summed E-state index contributed by atoms with van der Waals surface area (Å²) in [4.78, 5) is 14.1. The molecule has 0 bridgehead atoms. The number of urea groups is 1. The number of sulfonamides is 1. The molecule has 0 unspecified atom stereocenters. The first-order valence-corrected chi connectivity index (χ1v) is 11.6. The third-order valence-corrected chi connectivity index (χ3v) is 7.45. The van der Waals surface area contributed by atoms with E-state index in [0.29, 0.717) is 24.7 Å². The van der Waals surface area contributed by atoms with Crippen molar-refractivity contribution in [2.75, 3.05) is 32.7 Å². The van der Waals surface area contributed by atoms with Gasteiger partial charge >= 0.3 is 6.03 Å². The lowest BCUT2D eigenvalue weighted by atomic mass is 10.1. The Morgan fingerprint density at radius 1 is 0.966 bits per heavy atom. The summed E-state index contributed by atoms with van der Waals surface area (Å²) >= 11 is 11.8. The van der Waals surface area contributed by atoms with Crippen LogP contribution >= 0.6 is 23.2 Å². The molecule has 1 saturated heterocycles. The van der Waals surface area contributed by atoms with Crippen LogP contribution in [0.2, 0.25) is 10.0 Å². The van der Waals surface area contributed by atoms with Crippen LogP contribution in [0, 0.1) is 0 Å². The lowest BCUT2D eigenvalue weighted by Gasteiger charge is -2.34. The molecule has 2 aromatic rings. The van der Waals surface area contributed by atoms with Crippen molar-refractivity contribution in [1.29, 1.82) is 0 Å². The number of carbonyl (C=O) groups excluding carboxylic acids is 1. The average molecular weight is 456 g/mol. The van der Waals surface area contributed by atoms with Crippen LogP contribution in [-0.2, 0) is 16.4 Å². The fourth-order valence-electron chi connectivity index (χ4n) is 3.16. The highest BCUT2D eigenvalue weighted by molar-refractivity contribution is 7.89. The molecule has 2 amide bonds. The molecule has 1 aliphatic rings. The quantitative estimate of drug-likeness (QED) is 0.675. The molecule has 2 aromatic carbocycles. The van der Waals surface area contributed by atoms with Crippen molar-refractivity contribution in [1.82, 2.24) is 14.5 Å². The number of carbonyl (C=O) groups is 1. The van der Waals surface area contributed by atoms with E-state index in [9.17, 15) is 13.2 Å². The van der Waals surface area contributed by atoms with Crippen molar-refractivity contribution in [2.45, 2.75) is 17.7 Å². The summed E-state index contributed by atoms with van der Waals surface area (Å²) in [5.41, 5.74) is 1.24. The third-order valence-electron chi connectivity index (χ3n) is 4.82. The number of rotatable bonds is 6. The largest absolute Gasteiger partial charge is 0.338 e.